The molecule has 2 heterocycles. The molecule has 1 aromatic carbocycles. The van der Waals surface area contributed by atoms with Gasteiger partial charge in [-0.2, -0.15) is 0 Å². The van der Waals surface area contributed by atoms with Crippen LogP contribution in [-0.4, -0.2) is 15.8 Å². The fourth-order valence-corrected chi connectivity index (χ4v) is 2.39. The van der Waals surface area contributed by atoms with E-state index < -0.39 is 11.6 Å². The largest absolute Gasteiger partial charge is 0.317 e. The molecule has 0 fully saturated rings. The first-order chi connectivity index (χ1) is 10.5. The molecule has 0 aliphatic heterocycles. The van der Waals surface area contributed by atoms with E-state index in [0.29, 0.717) is 16.3 Å². The lowest BCUT2D eigenvalue weighted by atomic mass is 10.00. The Morgan fingerprint density at radius 3 is 2.64 bits per heavy atom. The first-order valence-corrected chi connectivity index (χ1v) is 6.41. The van der Waals surface area contributed by atoms with Gasteiger partial charge in [-0.3, -0.25) is 14.6 Å². The normalized spacial score (nSPS) is 10.9. The summed E-state index contributed by atoms with van der Waals surface area (Å²) in [6.07, 6.45) is 4.54. The molecule has 0 amide bonds. The molecule has 0 saturated heterocycles. The van der Waals surface area contributed by atoms with Gasteiger partial charge in [-0.05, 0) is 23.6 Å². The van der Waals surface area contributed by atoms with Gasteiger partial charge in [-0.1, -0.05) is 0 Å². The van der Waals surface area contributed by atoms with Gasteiger partial charge in [0.1, 0.15) is 11.6 Å². The fraction of sp³-hybridized carbons (Fsp3) is 0.0625. The highest BCUT2D eigenvalue weighted by molar-refractivity contribution is 5.95. The number of nitrogens with zero attached hydrogens (tertiary/aromatic N) is 2. The number of pyridine rings is 2. The summed E-state index contributed by atoms with van der Waals surface area (Å²) in [5, 5.41) is 0.775. The number of rotatable bonds is 2. The Morgan fingerprint density at radius 2 is 1.91 bits per heavy atom. The van der Waals surface area contributed by atoms with Gasteiger partial charge in [-0.15, -0.1) is 0 Å². The monoisotopic (exact) mass is 300 g/mol. The number of benzene rings is 1. The SMILES string of the molecule is Cn1cc(-c2cc(F)c(C=O)cc2F)c2ccncc2c1=O. The zero-order valence-electron chi connectivity index (χ0n) is 11.5. The highest BCUT2D eigenvalue weighted by Crippen LogP contribution is 2.29. The molecule has 0 saturated carbocycles. The summed E-state index contributed by atoms with van der Waals surface area (Å²) in [7, 11) is 1.52. The maximum Gasteiger partial charge on any atom is 0.259 e. The third-order valence-corrected chi connectivity index (χ3v) is 3.49. The van der Waals surface area contributed by atoms with E-state index in [4.69, 9.17) is 0 Å². The summed E-state index contributed by atoms with van der Waals surface area (Å²) in [5.41, 5.74) is -0.294. The van der Waals surface area contributed by atoms with Crippen LogP contribution in [0, 0.1) is 11.6 Å². The molecule has 22 heavy (non-hydrogen) atoms. The molecule has 3 rings (SSSR count). The van der Waals surface area contributed by atoms with Crippen molar-refractivity contribution >= 4 is 17.1 Å². The van der Waals surface area contributed by atoms with Crippen molar-refractivity contribution in [3.05, 3.63) is 64.3 Å². The van der Waals surface area contributed by atoms with Crippen molar-refractivity contribution in [2.75, 3.05) is 0 Å². The number of aldehydes is 1. The van der Waals surface area contributed by atoms with Crippen LogP contribution in [0.1, 0.15) is 10.4 Å². The summed E-state index contributed by atoms with van der Waals surface area (Å²) in [6.45, 7) is 0. The Hall–Kier alpha value is -2.89. The van der Waals surface area contributed by atoms with E-state index in [2.05, 4.69) is 4.98 Å². The van der Waals surface area contributed by atoms with Crippen LogP contribution < -0.4 is 5.56 Å². The van der Waals surface area contributed by atoms with Gasteiger partial charge in [0.05, 0.1) is 10.9 Å². The number of carbonyl (C=O) groups excluding carboxylic acids is 1. The average Bonchev–Trinajstić information content (AvgIpc) is 2.53. The topological polar surface area (TPSA) is 52.0 Å². The van der Waals surface area contributed by atoms with Crippen LogP contribution in [0.3, 0.4) is 0 Å². The van der Waals surface area contributed by atoms with Crippen molar-refractivity contribution in [3.63, 3.8) is 0 Å². The first-order valence-electron chi connectivity index (χ1n) is 6.41. The summed E-state index contributed by atoms with van der Waals surface area (Å²) in [5.74, 6) is -1.55. The molecule has 6 heteroatoms. The minimum atomic E-state index is -0.817. The molecule has 0 atom stereocenters. The van der Waals surface area contributed by atoms with Gasteiger partial charge in [0.2, 0.25) is 0 Å². The first kappa shape index (κ1) is 14.1. The van der Waals surface area contributed by atoms with Crippen molar-refractivity contribution in [1.82, 2.24) is 9.55 Å². The Balaban J connectivity index is 2.41. The molecule has 4 nitrogen and oxygen atoms in total. The molecule has 0 aliphatic carbocycles. The lowest BCUT2D eigenvalue weighted by Gasteiger charge is -2.11. The van der Waals surface area contributed by atoms with Crippen LogP contribution in [0.4, 0.5) is 8.78 Å². The van der Waals surface area contributed by atoms with Gasteiger partial charge < -0.3 is 4.57 Å². The molecule has 2 aromatic heterocycles. The van der Waals surface area contributed by atoms with E-state index in [-0.39, 0.29) is 23.0 Å². The maximum atomic E-state index is 14.2. The van der Waals surface area contributed by atoms with Crippen LogP contribution in [0.25, 0.3) is 21.9 Å². The van der Waals surface area contributed by atoms with Gasteiger partial charge in [-0.25, -0.2) is 8.78 Å². The molecular weight excluding hydrogens is 290 g/mol. The minimum absolute atomic E-state index is 0.0186. The maximum absolute atomic E-state index is 14.2. The van der Waals surface area contributed by atoms with Crippen LogP contribution >= 0.6 is 0 Å². The second-order valence-electron chi connectivity index (χ2n) is 4.85. The van der Waals surface area contributed by atoms with Crippen molar-refractivity contribution in [3.8, 4) is 11.1 Å². The molecule has 0 aliphatic rings. The highest BCUT2D eigenvalue weighted by Gasteiger charge is 2.15. The third kappa shape index (κ3) is 2.09. The molecule has 0 N–H and O–H groups in total. The summed E-state index contributed by atoms with van der Waals surface area (Å²) in [4.78, 5) is 26.6. The van der Waals surface area contributed by atoms with Crippen molar-refractivity contribution < 1.29 is 13.6 Å². The average molecular weight is 300 g/mol. The van der Waals surface area contributed by atoms with Gasteiger partial charge in [0.25, 0.3) is 5.56 Å². The molecule has 0 bridgehead atoms. The van der Waals surface area contributed by atoms with Crippen molar-refractivity contribution in [2.24, 2.45) is 7.05 Å². The van der Waals surface area contributed by atoms with E-state index in [1.54, 1.807) is 6.07 Å². The van der Waals surface area contributed by atoms with Crippen LogP contribution in [0.2, 0.25) is 0 Å². The zero-order chi connectivity index (χ0) is 15.9. The number of halogens is 2. The molecule has 0 spiro atoms. The molecule has 0 unspecified atom stereocenters. The lowest BCUT2D eigenvalue weighted by Crippen LogP contribution is -2.17. The zero-order valence-corrected chi connectivity index (χ0v) is 11.5. The van der Waals surface area contributed by atoms with Crippen LogP contribution in [-0.2, 0) is 7.05 Å². The lowest BCUT2D eigenvalue weighted by molar-refractivity contribution is 0.111. The summed E-state index contributed by atoms with van der Waals surface area (Å²) >= 11 is 0. The predicted octanol–water partition coefficient (Wildman–Crippen LogP) is 2.69. The van der Waals surface area contributed by atoms with Gasteiger partial charge in [0.15, 0.2) is 6.29 Å². The minimum Gasteiger partial charge on any atom is -0.317 e. The number of aryl methyl sites for hydroxylation is 1. The Labute approximate surface area is 123 Å². The third-order valence-electron chi connectivity index (χ3n) is 3.49. The molecule has 110 valence electrons. The molecular formula is C16H10F2N2O2. The number of hydrogen-bond donors (Lipinski definition) is 0. The quantitative estimate of drug-likeness (QED) is 0.684. The Kier molecular flexibility index (Phi) is 3.29. The van der Waals surface area contributed by atoms with Crippen molar-refractivity contribution in [1.29, 1.82) is 0 Å². The van der Waals surface area contributed by atoms with Crippen LogP contribution in [0.15, 0.2) is 41.6 Å². The standard InChI is InChI=1S/C16H10F2N2O2/c1-20-7-13(10-2-3-19-6-12(10)16(20)22)11-5-14(17)9(8-21)4-15(11)18/h2-8H,1H3. The number of aromatic nitrogens is 2. The highest BCUT2D eigenvalue weighted by atomic mass is 19.1. The smallest absolute Gasteiger partial charge is 0.259 e. The summed E-state index contributed by atoms with van der Waals surface area (Å²) < 4.78 is 29.3. The van der Waals surface area contributed by atoms with E-state index in [9.17, 15) is 18.4 Å². The van der Waals surface area contributed by atoms with E-state index in [0.717, 1.165) is 12.1 Å². The second-order valence-corrected chi connectivity index (χ2v) is 4.85. The number of fused-ring (bicyclic) bond motifs is 1. The van der Waals surface area contributed by atoms with E-state index >= 15 is 0 Å². The molecule has 3 aromatic rings. The predicted molar refractivity (Wildman–Crippen MR) is 77.7 cm³/mol. The second kappa shape index (κ2) is 5.14. The van der Waals surface area contributed by atoms with Gasteiger partial charge >= 0.3 is 0 Å². The van der Waals surface area contributed by atoms with E-state index in [1.807, 2.05) is 0 Å². The van der Waals surface area contributed by atoms with Crippen molar-refractivity contribution in [2.45, 2.75) is 0 Å². The fourth-order valence-electron chi connectivity index (χ4n) is 2.39. The van der Waals surface area contributed by atoms with Crippen LogP contribution in [0.5, 0.6) is 0 Å². The van der Waals surface area contributed by atoms with E-state index in [1.165, 1.54) is 30.2 Å². The Morgan fingerprint density at radius 1 is 1.14 bits per heavy atom. The number of carbonyl (C=O) groups is 1. The Bertz CT molecular complexity index is 964. The van der Waals surface area contributed by atoms with Gasteiger partial charge in [0, 0.05) is 36.8 Å². The molecule has 0 radical (unpaired) electrons. The summed E-state index contributed by atoms with van der Waals surface area (Å²) in [6, 6.07) is 3.37. The number of hydrogen-bond acceptors (Lipinski definition) is 3.